The lowest BCUT2D eigenvalue weighted by Crippen LogP contribution is -2.07. The minimum Gasteiger partial charge on any atom is -0.350 e. The minimum atomic E-state index is -0.279. The standard InChI is InChI=1S/C11H15NO2/c1-2-7-12-10(4-1)5-3-6-11-13-8-9-14-11/h1-2,4,7,11H,3,5-6,8-9H2/i5D. The van der Waals surface area contributed by atoms with Crippen LogP contribution >= 0.6 is 0 Å². The van der Waals surface area contributed by atoms with E-state index in [0.717, 1.165) is 18.5 Å². The molecule has 1 aliphatic heterocycles. The van der Waals surface area contributed by atoms with Gasteiger partial charge in [-0.1, -0.05) is 6.07 Å². The second-order valence-corrected chi connectivity index (χ2v) is 3.21. The third-order valence-electron chi connectivity index (χ3n) is 2.13. The van der Waals surface area contributed by atoms with Crippen molar-refractivity contribution in [3.8, 4) is 0 Å². The third-order valence-corrected chi connectivity index (χ3v) is 2.13. The largest absolute Gasteiger partial charge is 0.350 e. The van der Waals surface area contributed by atoms with Crippen LogP contribution in [0.4, 0.5) is 0 Å². The summed E-state index contributed by atoms with van der Waals surface area (Å²) in [7, 11) is 0. The van der Waals surface area contributed by atoms with Gasteiger partial charge in [-0.25, -0.2) is 0 Å². The van der Waals surface area contributed by atoms with Gasteiger partial charge in [-0.05, 0) is 31.4 Å². The molecule has 1 saturated heterocycles. The van der Waals surface area contributed by atoms with Crippen molar-refractivity contribution in [3.05, 3.63) is 30.1 Å². The van der Waals surface area contributed by atoms with Crippen LogP contribution in [0, 0.1) is 0 Å². The van der Waals surface area contributed by atoms with E-state index in [1.807, 2.05) is 18.2 Å². The van der Waals surface area contributed by atoms with E-state index in [0.29, 0.717) is 13.2 Å². The molecular weight excluding hydrogens is 178 g/mol. The summed E-state index contributed by atoms with van der Waals surface area (Å²) in [5.41, 5.74) is 0.815. The molecule has 0 radical (unpaired) electrons. The summed E-state index contributed by atoms with van der Waals surface area (Å²) in [5, 5.41) is 0. The van der Waals surface area contributed by atoms with Gasteiger partial charge >= 0.3 is 0 Å². The molecular formula is C11H15NO2. The van der Waals surface area contributed by atoms with Crippen molar-refractivity contribution in [2.24, 2.45) is 0 Å². The number of nitrogens with zero attached hydrogens (tertiary/aromatic N) is 1. The van der Waals surface area contributed by atoms with Crippen LogP contribution < -0.4 is 0 Å². The molecule has 0 aromatic carbocycles. The Bertz CT molecular complexity index is 288. The van der Waals surface area contributed by atoms with Crippen molar-refractivity contribution in [3.63, 3.8) is 0 Å². The van der Waals surface area contributed by atoms with Gasteiger partial charge in [-0.3, -0.25) is 4.98 Å². The Morgan fingerprint density at radius 3 is 3.00 bits per heavy atom. The van der Waals surface area contributed by atoms with Gasteiger partial charge in [0.2, 0.25) is 0 Å². The summed E-state index contributed by atoms with van der Waals surface area (Å²) in [5.74, 6) is 0. The Labute approximate surface area is 85.5 Å². The summed E-state index contributed by atoms with van der Waals surface area (Å²) >= 11 is 0. The van der Waals surface area contributed by atoms with E-state index in [1.165, 1.54) is 0 Å². The van der Waals surface area contributed by atoms with Gasteiger partial charge in [-0.2, -0.15) is 0 Å². The fourth-order valence-corrected chi connectivity index (χ4v) is 1.44. The molecule has 1 fully saturated rings. The Balaban J connectivity index is 1.79. The molecule has 2 heterocycles. The summed E-state index contributed by atoms with van der Waals surface area (Å²) < 4.78 is 18.5. The first-order valence-corrected chi connectivity index (χ1v) is 4.92. The molecule has 0 spiro atoms. The van der Waals surface area contributed by atoms with Gasteiger partial charge in [0.1, 0.15) is 0 Å². The molecule has 76 valence electrons. The average molecular weight is 194 g/mol. The number of hydrogen-bond acceptors (Lipinski definition) is 3. The van der Waals surface area contributed by atoms with Crippen molar-refractivity contribution in [1.82, 2.24) is 4.98 Å². The first-order chi connectivity index (χ1) is 7.36. The number of hydrogen-bond donors (Lipinski definition) is 0. The molecule has 1 aliphatic rings. The second-order valence-electron chi connectivity index (χ2n) is 3.21. The molecule has 3 nitrogen and oxygen atoms in total. The highest BCUT2D eigenvalue weighted by molar-refractivity contribution is 5.03. The SMILES string of the molecule is [2H]C(CCC1OCCO1)c1ccccn1. The molecule has 0 aliphatic carbocycles. The van der Waals surface area contributed by atoms with E-state index in [-0.39, 0.29) is 12.7 Å². The van der Waals surface area contributed by atoms with Crippen LogP contribution in [0.5, 0.6) is 0 Å². The molecule has 1 aromatic rings. The number of pyridine rings is 1. The maximum Gasteiger partial charge on any atom is 0.157 e. The first kappa shape index (κ1) is 8.38. The van der Waals surface area contributed by atoms with E-state index in [9.17, 15) is 0 Å². The highest BCUT2D eigenvalue weighted by Crippen LogP contribution is 2.11. The van der Waals surface area contributed by atoms with Gasteiger partial charge < -0.3 is 9.47 Å². The van der Waals surface area contributed by atoms with Crippen LogP contribution in [-0.4, -0.2) is 24.5 Å². The molecule has 2 rings (SSSR count). The van der Waals surface area contributed by atoms with E-state index in [2.05, 4.69) is 4.98 Å². The molecule has 0 amide bonds. The van der Waals surface area contributed by atoms with Crippen molar-refractivity contribution < 1.29 is 10.8 Å². The fourth-order valence-electron chi connectivity index (χ4n) is 1.44. The van der Waals surface area contributed by atoms with E-state index in [4.69, 9.17) is 10.8 Å². The molecule has 0 bridgehead atoms. The number of aromatic nitrogens is 1. The summed E-state index contributed by atoms with van der Waals surface area (Å²) in [6, 6.07) is 5.65. The second kappa shape index (κ2) is 5.08. The van der Waals surface area contributed by atoms with E-state index < -0.39 is 0 Å². The minimum absolute atomic E-state index is 0.110. The van der Waals surface area contributed by atoms with Gasteiger partial charge in [0.25, 0.3) is 0 Å². The average Bonchev–Trinajstić information content (AvgIpc) is 2.80. The van der Waals surface area contributed by atoms with Crippen LogP contribution in [0.25, 0.3) is 0 Å². The maximum absolute atomic E-state index is 7.90. The number of ether oxygens (including phenoxy) is 2. The zero-order chi connectivity index (χ0) is 10.5. The van der Waals surface area contributed by atoms with Crippen LogP contribution in [0.1, 0.15) is 19.9 Å². The number of aryl methyl sites for hydroxylation is 1. The highest BCUT2D eigenvalue weighted by atomic mass is 16.7. The normalized spacial score (nSPS) is 20.7. The predicted molar refractivity (Wildman–Crippen MR) is 52.9 cm³/mol. The Hall–Kier alpha value is -0.930. The topological polar surface area (TPSA) is 31.4 Å². The lowest BCUT2D eigenvalue weighted by Gasteiger charge is -2.07. The smallest absolute Gasteiger partial charge is 0.157 e. The van der Waals surface area contributed by atoms with E-state index >= 15 is 0 Å². The lowest BCUT2D eigenvalue weighted by molar-refractivity contribution is -0.0476. The fraction of sp³-hybridized carbons (Fsp3) is 0.545. The van der Waals surface area contributed by atoms with Crippen molar-refractivity contribution in [2.45, 2.75) is 25.5 Å². The van der Waals surface area contributed by atoms with Gasteiger partial charge in [0.05, 0.1) is 13.2 Å². The third kappa shape index (κ3) is 2.79. The Morgan fingerprint density at radius 1 is 1.43 bits per heavy atom. The number of rotatable bonds is 4. The van der Waals surface area contributed by atoms with Gasteiger partial charge in [-0.15, -0.1) is 0 Å². The molecule has 0 saturated carbocycles. The zero-order valence-electron chi connectivity index (χ0n) is 9.06. The monoisotopic (exact) mass is 194 g/mol. The molecule has 1 aromatic heterocycles. The predicted octanol–water partition coefficient (Wildman–Crippen LogP) is 1.78. The Morgan fingerprint density at radius 2 is 2.29 bits per heavy atom. The highest BCUT2D eigenvalue weighted by Gasteiger charge is 2.14. The molecule has 1 atom stereocenters. The lowest BCUT2D eigenvalue weighted by atomic mass is 10.2. The summed E-state index contributed by atoms with van der Waals surface area (Å²) in [4.78, 5) is 4.15. The molecule has 1 unspecified atom stereocenters. The maximum atomic E-state index is 7.90. The summed E-state index contributed by atoms with van der Waals surface area (Å²) in [6.07, 6.45) is 2.83. The van der Waals surface area contributed by atoms with Gasteiger partial charge in [0.15, 0.2) is 6.29 Å². The van der Waals surface area contributed by atoms with Crippen molar-refractivity contribution in [2.75, 3.05) is 13.2 Å². The molecule has 0 N–H and O–H groups in total. The van der Waals surface area contributed by atoms with E-state index in [1.54, 1.807) is 6.20 Å². The van der Waals surface area contributed by atoms with Crippen LogP contribution in [0.3, 0.4) is 0 Å². The quantitative estimate of drug-likeness (QED) is 0.732. The Kier molecular flexibility index (Phi) is 3.04. The van der Waals surface area contributed by atoms with Crippen LogP contribution in [-0.2, 0) is 15.9 Å². The van der Waals surface area contributed by atoms with Crippen LogP contribution in [0.2, 0.25) is 0 Å². The van der Waals surface area contributed by atoms with Crippen molar-refractivity contribution >= 4 is 0 Å². The zero-order valence-corrected chi connectivity index (χ0v) is 8.06. The van der Waals surface area contributed by atoms with Crippen LogP contribution in [0.15, 0.2) is 24.4 Å². The van der Waals surface area contributed by atoms with Crippen molar-refractivity contribution in [1.29, 1.82) is 0 Å². The molecule has 3 heteroatoms. The molecule has 14 heavy (non-hydrogen) atoms. The summed E-state index contributed by atoms with van der Waals surface area (Å²) in [6.45, 7) is 1.36. The van der Waals surface area contributed by atoms with Gasteiger partial charge in [0, 0.05) is 13.3 Å². The first-order valence-electron chi connectivity index (χ1n) is 5.50.